The predicted molar refractivity (Wildman–Crippen MR) is 107 cm³/mol. The van der Waals surface area contributed by atoms with Crippen LogP contribution in [-0.4, -0.2) is 36.6 Å². The maximum Gasteiger partial charge on any atom is 0.329 e. The molecule has 2 aliphatic rings. The average Bonchev–Trinajstić information content (AvgIpc) is 2.89. The minimum atomic E-state index is -0.318. The lowest BCUT2D eigenvalue weighted by Crippen LogP contribution is -2.41. The Kier molecular flexibility index (Phi) is 6.05. The number of halogens is 1. The summed E-state index contributed by atoms with van der Waals surface area (Å²) in [7, 11) is 1.60. The number of hydrogen-bond acceptors (Lipinski definition) is 4. The number of urea groups is 1. The zero-order chi connectivity index (χ0) is 18.7. The van der Waals surface area contributed by atoms with Crippen LogP contribution in [0.2, 0.25) is 0 Å². The monoisotopic (exact) mass is 470 g/mol. The quantitative estimate of drug-likeness (QED) is 0.403. The Hall–Kier alpha value is -1.77. The van der Waals surface area contributed by atoms with E-state index in [-0.39, 0.29) is 18.0 Å². The Morgan fingerprint density at radius 2 is 2.00 bits per heavy atom. The van der Waals surface area contributed by atoms with Gasteiger partial charge >= 0.3 is 6.03 Å². The van der Waals surface area contributed by atoms with Crippen LogP contribution in [0.5, 0.6) is 11.5 Å². The van der Waals surface area contributed by atoms with E-state index in [1.54, 1.807) is 13.2 Å². The van der Waals surface area contributed by atoms with Gasteiger partial charge < -0.3 is 14.8 Å². The smallest absolute Gasteiger partial charge is 0.329 e. The highest BCUT2D eigenvalue weighted by Crippen LogP contribution is 2.35. The van der Waals surface area contributed by atoms with Crippen LogP contribution in [0.3, 0.4) is 0 Å². The molecule has 26 heavy (non-hydrogen) atoms. The Labute approximate surface area is 167 Å². The molecule has 0 aromatic heterocycles. The Morgan fingerprint density at radius 1 is 1.27 bits per heavy atom. The number of amides is 3. The van der Waals surface area contributed by atoms with E-state index in [2.05, 4.69) is 27.9 Å². The molecule has 3 amide bonds. The molecule has 2 fully saturated rings. The van der Waals surface area contributed by atoms with Crippen molar-refractivity contribution >= 4 is 40.6 Å². The van der Waals surface area contributed by atoms with Crippen LogP contribution in [-0.2, 0) is 4.79 Å². The molecular weight excluding hydrogens is 447 g/mol. The van der Waals surface area contributed by atoms with Crippen molar-refractivity contribution in [2.45, 2.75) is 45.1 Å². The number of imide groups is 1. The molecule has 7 heteroatoms. The van der Waals surface area contributed by atoms with E-state index in [0.717, 1.165) is 34.8 Å². The molecule has 0 bridgehead atoms. The van der Waals surface area contributed by atoms with Gasteiger partial charge in [-0.1, -0.05) is 19.3 Å². The molecule has 1 heterocycles. The standard InChI is InChI=1S/C19H23IN2O4/c1-3-26-16-11-12(9-14(20)17(16)25-2)10-15-18(23)22(19(24)21-15)13-7-5-4-6-8-13/h9-11,13H,3-8H2,1-2H3,(H,21,24)/b15-10-. The van der Waals surface area contributed by atoms with E-state index in [1.165, 1.54) is 11.3 Å². The molecule has 3 rings (SSSR count). The van der Waals surface area contributed by atoms with Crippen LogP contribution in [0.1, 0.15) is 44.6 Å². The van der Waals surface area contributed by atoms with E-state index >= 15 is 0 Å². The summed E-state index contributed by atoms with van der Waals surface area (Å²) in [6.07, 6.45) is 6.79. The summed E-state index contributed by atoms with van der Waals surface area (Å²) in [5.41, 5.74) is 1.09. The maximum absolute atomic E-state index is 12.8. The van der Waals surface area contributed by atoms with Gasteiger partial charge in [-0.15, -0.1) is 0 Å². The van der Waals surface area contributed by atoms with Gasteiger partial charge in [0, 0.05) is 6.04 Å². The third-order valence-corrected chi connectivity index (χ3v) is 5.50. The Balaban J connectivity index is 1.88. The first kappa shape index (κ1) is 19.0. The van der Waals surface area contributed by atoms with Crippen LogP contribution in [0.4, 0.5) is 4.79 Å². The Bertz CT molecular complexity index is 741. The summed E-state index contributed by atoms with van der Waals surface area (Å²) >= 11 is 2.17. The van der Waals surface area contributed by atoms with Gasteiger partial charge in [-0.2, -0.15) is 0 Å². The van der Waals surface area contributed by atoms with Crippen molar-refractivity contribution in [1.29, 1.82) is 0 Å². The number of benzene rings is 1. The fraction of sp³-hybridized carbons (Fsp3) is 0.474. The van der Waals surface area contributed by atoms with Gasteiger partial charge in [0.1, 0.15) is 5.70 Å². The summed E-state index contributed by atoms with van der Waals surface area (Å²) in [6.45, 7) is 2.41. The molecule has 1 aromatic rings. The summed E-state index contributed by atoms with van der Waals surface area (Å²) < 4.78 is 11.9. The first-order valence-corrected chi connectivity index (χ1v) is 9.99. The highest BCUT2D eigenvalue weighted by Gasteiger charge is 2.38. The van der Waals surface area contributed by atoms with Crippen molar-refractivity contribution in [1.82, 2.24) is 10.2 Å². The minimum absolute atomic E-state index is 0.0112. The van der Waals surface area contributed by atoms with Gasteiger partial charge in [-0.3, -0.25) is 9.69 Å². The average molecular weight is 470 g/mol. The van der Waals surface area contributed by atoms with Gasteiger partial charge in [-0.25, -0.2) is 4.79 Å². The topological polar surface area (TPSA) is 67.9 Å². The van der Waals surface area contributed by atoms with Crippen molar-refractivity contribution in [2.24, 2.45) is 0 Å². The van der Waals surface area contributed by atoms with Crippen LogP contribution in [0, 0.1) is 3.57 Å². The van der Waals surface area contributed by atoms with Gasteiger partial charge in [-0.05, 0) is 66.1 Å². The molecule has 1 saturated heterocycles. The normalized spacial score (nSPS) is 19.8. The van der Waals surface area contributed by atoms with Crippen molar-refractivity contribution < 1.29 is 19.1 Å². The number of nitrogens with zero attached hydrogens (tertiary/aromatic N) is 1. The molecule has 6 nitrogen and oxygen atoms in total. The van der Waals surface area contributed by atoms with E-state index in [1.807, 2.05) is 19.1 Å². The third-order valence-electron chi connectivity index (χ3n) is 4.70. The minimum Gasteiger partial charge on any atom is -0.492 e. The molecule has 140 valence electrons. The number of hydrogen-bond donors (Lipinski definition) is 1. The molecule has 1 aliphatic carbocycles. The van der Waals surface area contributed by atoms with Crippen molar-refractivity contribution in [2.75, 3.05) is 13.7 Å². The van der Waals surface area contributed by atoms with Gasteiger partial charge in [0.25, 0.3) is 5.91 Å². The highest BCUT2D eigenvalue weighted by atomic mass is 127. The molecule has 0 radical (unpaired) electrons. The number of methoxy groups -OCH3 is 1. The second kappa shape index (κ2) is 8.28. The van der Waals surface area contributed by atoms with E-state index in [0.29, 0.717) is 23.8 Å². The SMILES string of the molecule is CCOc1cc(/C=C2\NC(=O)N(C3CCCCC3)C2=O)cc(I)c1OC. The molecule has 1 aromatic carbocycles. The predicted octanol–water partition coefficient (Wildman–Crippen LogP) is 3.92. The number of rotatable bonds is 5. The van der Waals surface area contributed by atoms with Crippen LogP contribution in [0.25, 0.3) is 6.08 Å². The lowest BCUT2D eigenvalue weighted by atomic mass is 9.94. The zero-order valence-corrected chi connectivity index (χ0v) is 17.2. The van der Waals surface area contributed by atoms with E-state index in [4.69, 9.17) is 9.47 Å². The molecular formula is C19H23IN2O4. The molecule has 1 N–H and O–H groups in total. The second-order valence-corrected chi connectivity index (χ2v) is 7.58. The maximum atomic E-state index is 12.8. The summed E-state index contributed by atoms with van der Waals surface area (Å²) in [4.78, 5) is 26.5. The zero-order valence-electron chi connectivity index (χ0n) is 15.0. The summed E-state index contributed by atoms with van der Waals surface area (Å²) in [6, 6.07) is 3.41. The lowest BCUT2D eigenvalue weighted by molar-refractivity contribution is -0.124. The van der Waals surface area contributed by atoms with Gasteiger partial charge in [0.15, 0.2) is 11.5 Å². The molecule has 1 aliphatic heterocycles. The molecule has 1 saturated carbocycles. The van der Waals surface area contributed by atoms with Crippen molar-refractivity contribution in [3.05, 3.63) is 27.0 Å². The van der Waals surface area contributed by atoms with Gasteiger partial charge in [0.2, 0.25) is 0 Å². The first-order chi connectivity index (χ1) is 12.5. The fourth-order valence-corrected chi connectivity index (χ4v) is 4.36. The number of carbonyl (C=O) groups is 2. The van der Waals surface area contributed by atoms with Gasteiger partial charge in [0.05, 0.1) is 17.3 Å². The van der Waals surface area contributed by atoms with E-state index < -0.39 is 0 Å². The number of ether oxygens (including phenoxy) is 2. The molecule has 0 unspecified atom stereocenters. The number of nitrogens with one attached hydrogen (secondary N) is 1. The summed E-state index contributed by atoms with van der Waals surface area (Å²) in [5.74, 6) is 1.04. The highest BCUT2D eigenvalue weighted by molar-refractivity contribution is 14.1. The fourth-order valence-electron chi connectivity index (χ4n) is 3.52. The molecule has 0 atom stereocenters. The Morgan fingerprint density at radius 3 is 2.65 bits per heavy atom. The van der Waals surface area contributed by atoms with Crippen LogP contribution < -0.4 is 14.8 Å². The van der Waals surface area contributed by atoms with Crippen molar-refractivity contribution in [3.8, 4) is 11.5 Å². The largest absolute Gasteiger partial charge is 0.492 e. The van der Waals surface area contributed by atoms with Crippen molar-refractivity contribution in [3.63, 3.8) is 0 Å². The lowest BCUT2D eigenvalue weighted by Gasteiger charge is -2.28. The van der Waals surface area contributed by atoms with Crippen LogP contribution in [0.15, 0.2) is 17.8 Å². The second-order valence-electron chi connectivity index (χ2n) is 6.42. The third kappa shape index (κ3) is 3.82. The number of carbonyl (C=O) groups excluding carboxylic acids is 2. The first-order valence-electron chi connectivity index (χ1n) is 8.91. The van der Waals surface area contributed by atoms with Crippen LogP contribution >= 0.6 is 22.6 Å². The van der Waals surface area contributed by atoms with E-state index in [9.17, 15) is 9.59 Å². The summed E-state index contributed by atoms with van der Waals surface area (Å²) in [5, 5.41) is 2.72. The molecule has 0 spiro atoms.